The van der Waals surface area contributed by atoms with Gasteiger partial charge in [-0.15, -0.1) is 0 Å². The number of rotatable bonds is 20. The molecule has 1 rings (SSSR count). The Bertz CT molecular complexity index is 741. The van der Waals surface area contributed by atoms with Crippen LogP contribution < -0.4 is 11.1 Å². The molecule has 0 aromatic heterocycles. The Balaban J connectivity index is -0.000000127. The third-order valence-corrected chi connectivity index (χ3v) is 24.2. The van der Waals surface area contributed by atoms with Crippen LogP contribution in [0.15, 0.2) is 0 Å². The van der Waals surface area contributed by atoms with Gasteiger partial charge < -0.3 is 46.0 Å². The van der Waals surface area contributed by atoms with Crippen LogP contribution in [0.5, 0.6) is 0 Å². The standard InChI is InChI=1S/C19H52BN3O8Si6.12CH4/c1-32(2,20)27-37(29-34(5,6)25,19-23-14-16-26-17-15-23)31-35(7,8)30-36(9,28-33(3,4)24)18-10-12-22-13-11-21;;;;;;;;;;;;/h22,24-25H,10-19,21H2,1-9H3;12*1H4/i24D,25D;;;;;;;;;;;;. The van der Waals surface area contributed by atoms with Gasteiger partial charge in [-0.1, -0.05) is 102 Å². The fourth-order valence-electron chi connectivity index (χ4n) is 4.29. The van der Waals surface area contributed by atoms with E-state index in [4.69, 9.17) is 50.9 Å². The van der Waals surface area contributed by atoms with Gasteiger partial charge in [-0.25, -0.2) is 0 Å². The maximum atomic E-state index is 7.68. The summed E-state index contributed by atoms with van der Waals surface area (Å²) in [5, 5.41) is 3.31. The third-order valence-electron chi connectivity index (χ3n) is 4.97. The molecular formula is C31H100BN3O8Si6. The van der Waals surface area contributed by atoms with Gasteiger partial charge >= 0.3 is 43.0 Å². The molecule has 1 saturated heterocycles. The molecule has 5 N–H and O–H groups in total. The van der Waals surface area contributed by atoms with Crippen LogP contribution in [-0.2, 0) is 25.3 Å². The molecule has 1 heterocycles. The van der Waals surface area contributed by atoms with Crippen molar-refractivity contribution in [3.05, 3.63) is 0 Å². The molecule has 2 atom stereocenters. The molecule has 0 saturated carbocycles. The normalized spacial score (nSPS) is 15.6. The molecule has 11 nitrogen and oxygen atoms in total. The lowest BCUT2D eigenvalue weighted by Gasteiger charge is -2.46. The van der Waals surface area contributed by atoms with Gasteiger partial charge in [-0.05, 0) is 64.8 Å². The van der Waals surface area contributed by atoms with E-state index < -0.39 is 51.2 Å². The average molecular weight is 824 g/mol. The van der Waals surface area contributed by atoms with Crippen molar-refractivity contribution in [2.75, 3.05) is 52.1 Å². The Labute approximate surface area is 324 Å². The van der Waals surface area contributed by atoms with Crippen molar-refractivity contribution in [3.63, 3.8) is 0 Å². The number of morpholine rings is 1. The van der Waals surface area contributed by atoms with Gasteiger partial charge in [0.1, 0.15) is 8.19 Å². The number of nitrogens with zero attached hydrogens (tertiary/aromatic N) is 1. The summed E-state index contributed by atoms with van der Waals surface area (Å²) in [6.07, 6.45) is 1.20. The van der Waals surface area contributed by atoms with Crippen LogP contribution in [-0.4, -0.2) is 128 Å². The van der Waals surface area contributed by atoms with Gasteiger partial charge in [0.2, 0.25) is 0 Å². The first kappa shape index (κ1) is 75.0. The molecule has 1 aliphatic rings. The van der Waals surface area contributed by atoms with Gasteiger partial charge in [0.05, 0.1) is 26.8 Å². The van der Waals surface area contributed by atoms with Gasteiger partial charge in [0, 0.05) is 26.2 Å². The van der Waals surface area contributed by atoms with Crippen LogP contribution in [0, 0.1) is 0 Å². The predicted molar refractivity (Wildman–Crippen MR) is 242 cm³/mol. The average Bonchev–Trinajstić information content (AvgIpc) is 2.76. The first-order chi connectivity index (χ1) is 17.8. The second kappa shape index (κ2) is 34.7. The molecule has 0 aromatic rings. The molecule has 49 heavy (non-hydrogen) atoms. The molecule has 2 radical (unpaired) electrons. The van der Waals surface area contributed by atoms with E-state index in [2.05, 4.69) is 10.2 Å². The fourth-order valence-corrected chi connectivity index (χ4v) is 27.8. The minimum absolute atomic E-state index is 0. The molecule has 0 aromatic carbocycles. The lowest BCUT2D eigenvalue weighted by atomic mass is 10.5. The summed E-state index contributed by atoms with van der Waals surface area (Å²) >= 11 is 0. The number of nitrogens with one attached hydrogen (secondary N) is 1. The highest BCUT2D eigenvalue weighted by molar-refractivity contribution is 7.14. The molecule has 1 aliphatic heterocycles. The van der Waals surface area contributed by atoms with E-state index in [0.717, 1.165) is 19.5 Å². The highest BCUT2D eigenvalue weighted by Gasteiger charge is 2.55. The number of hydrogen-bond acceptors (Lipinski definition) is 11. The number of hydrogen-bond donors (Lipinski definition) is 4. The van der Waals surface area contributed by atoms with Gasteiger partial charge in [0.15, 0.2) is 2.86 Å². The Morgan fingerprint density at radius 2 is 1.14 bits per heavy atom. The molecule has 314 valence electrons. The lowest BCUT2D eigenvalue weighted by Crippen LogP contribution is -2.69. The fraction of sp³-hybridized carbons (Fsp3) is 1.00. The third kappa shape index (κ3) is 40.0. The first-order valence-corrected chi connectivity index (χ1v) is 29.0. The Kier molecular flexibility index (Phi) is 53.1. The maximum Gasteiger partial charge on any atom is 0.487 e. The molecular weight excluding hydrogens is 722 g/mol. The van der Waals surface area contributed by atoms with E-state index in [0.29, 0.717) is 45.1 Å². The summed E-state index contributed by atoms with van der Waals surface area (Å²) in [4.78, 5) is 12.3. The SMILES string of the molecule is C.C.C.C.C.C.C.C.C.C.C.C.[2H]O[Si](C)(C)O[Si](C)(CCCNCCN)O[Si](C)(C)O[Si](CN1CCOCC1)(O[Si]([B])(C)C)O[Si](C)(C)O[2H]. The summed E-state index contributed by atoms with van der Waals surface area (Å²) in [6, 6.07) is 0.678. The molecule has 0 aliphatic carbocycles. The van der Waals surface area contributed by atoms with Crippen molar-refractivity contribution in [1.82, 2.24) is 10.2 Å². The predicted octanol–water partition coefficient (Wildman–Crippen LogP) is 8.48. The number of ether oxygens (including phenoxy) is 1. The summed E-state index contributed by atoms with van der Waals surface area (Å²) in [5.41, 5.74) is 5.60. The second-order valence-electron chi connectivity index (χ2n) is 11.7. The van der Waals surface area contributed by atoms with E-state index in [1.807, 2.05) is 45.8 Å². The topological polar surface area (TPSA) is 137 Å². The Hall–Kier alpha value is 0.926. The summed E-state index contributed by atoms with van der Waals surface area (Å²) in [5.74, 6) is 0. The van der Waals surface area contributed by atoms with Gasteiger partial charge in [0.25, 0.3) is 0 Å². The highest BCUT2D eigenvalue weighted by atomic mass is 28.5. The van der Waals surface area contributed by atoms with Crippen LogP contribution in [0.25, 0.3) is 0 Å². The van der Waals surface area contributed by atoms with E-state index in [-0.39, 0.29) is 89.1 Å². The molecule has 0 spiro atoms. The minimum Gasteiger partial charge on any atom is -0.424 e. The monoisotopic (exact) mass is 824 g/mol. The van der Waals surface area contributed by atoms with Crippen molar-refractivity contribution >= 4 is 58.7 Å². The first-order valence-electron chi connectivity index (χ1n) is 13.9. The van der Waals surface area contributed by atoms with E-state index >= 15 is 0 Å². The highest BCUT2D eigenvalue weighted by Crippen LogP contribution is 2.30. The Morgan fingerprint density at radius 1 is 0.694 bits per heavy atom. The van der Waals surface area contributed by atoms with Crippen LogP contribution in [0.1, 0.15) is 95.5 Å². The largest absolute Gasteiger partial charge is 0.487 e. The second-order valence-corrected chi connectivity index (χ2v) is 31.8. The summed E-state index contributed by atoms with van der Waals surface area (Å²) in [6.45, 7) is 21.7. The molecule has 0 amide bonds. The smallest absolute Gasteiger partial charge is 0.424 e. The maximum absolute atomic E-state index is 7.68. The molecule has 1 fully saturated rings. The van der Waals surface area contributed by atoms with Crippen molar-refractivity contribution < 1.29 is 34.9 Å². The molecule has 18 heteroatoms. The molecule has 0 bridgehead atoms. The van der Waals surface area contributed by atoms with Crippen molar-refractivity contribution in [2.45, 2.75) is 161 Å². The quantitative estimate of drug-likeness (QED) is 0.0695. The zero-order valence-corrected chi connectivity index (χ0v) is 30.4. The minimum atomic E-state index is -3.58. The van der Waals surface area contributed by atoms with Crippen molar-refractivity contribution in [3.8, 4) is 0 Å². The number of nitrogens with two attached hydrogens (primary N) is 1. The Morgan fingerprint density at radius 3 is 1.55 bits per heavy atom. The van der Waals surface area contributed by atoms with Crippen LogP contribution in [0.4, 0.5) is 0 Å². The van der Waals surface area contributed by atoms with Gasteiger partial charge in [-0.2, -0.15) is 0 Å². The van der Waals surface area contributed by atoms with Crippen LogP contribution in [0.2, 0.25) is 65.0 Å². The molecule has 2 unspecified atom stereocenters. The van der Waals surface area contributed by atoms with Crippen LogP contribution in [0.3, 0.4) is 0 Å². The lowest BCUT2D eigenvalue weighted by molar-refractivity contribution is 0.0374. The van der Waals surface area contributed by atoms with Crippen molar-refractivity contribution in [1.29, 1.82) is 2.86 Å². The van der Waals surface area contributed by atoms with Gasteiger partial charge in [-0.3, -0.25) is 4.90 Å². The van der Waals surface area contributed by atoms with Crippen molar-refractivity contribution in [2.24, 2.45) is 5.73 Å². The summed E-state index contributed by atoms with van der Waals surface area (Å²) < 4.78 is 54.3. The zero-order valence-electron chi connectivity index (χ0n) is 26.4. The van der Waals surface area contributed by atoms with E-state index in [1.165, 1.54) is 0 Å². The van der Waals surface area contributed by atoms with E-state index in [1.54, 1.807) is 13.1 Å². The zero-order chi connectivity index (χ0) is 30.0. The van der Waals surface area contributed by atoms with E-state index in [9.17, 15) is 0 Å². The summed E-state index contributed by atoms with van der Waals surface area (Å²) in [7, 11) is -11.4. The van der Waals surface area contributed by atoms with Crippen LogP contribution >= 0.6 is 0 Å².